The van der Waals surface area contributed by atoms with E-state index in [2.05, 4.69) is 10.3 Å². The van der Waals surface area contributed by atoms with Crippen LogP contribution in [-0.4, -0.2) is 48.6 Å². The SMILES string of the molecule is O=C(O)C(F)(F)F.O=S(=O)(Nc1cscn1)c1c(F)cc(NCc2c(F)ccc(F)c2CN2CCC2)c(F)c1F. The molecule has 0 amide bonds. The molecule has 0 bridgehead atoms. The third-order valence-corrected chi connectivity index (χ3v) is 7.38. The fraction of sp³-hybridized carbons (Fsp3) is 0.273. The summed E-state index contributed by atoms with van der Waals surface area (Å²) in [5.41, 5.74) is 0.482. The van der Waals surface area contributed by atoms with Gasteiger partial charge in [-0.05, 0) is 31.6 Å². The number of aliphatic carboxylic acids is 1. The number of alkyl halides is 3. The molecule has 0 aliphatic carbocycles. The highest BCUT2D eigenvalue weighted by Crippen LogP contribution is 2.30. The van der Waals surface area contributed by atoms with Crippen LogP contribution in [-0.2, 0) is 27.9 Å². The number of sulfonamides is 1. The van der Waals surface area contributed by atoms with Crippen molar-refractivity contribution in [2.45, 2.75) is 30.6 Å². The van der Waals surface area contributed by atoms with Gasteiger partial charge >= 0.3 is 12.1 Å². The maximum atomic E-state index is 14.6. The zero-order chi connectivity index (χ0) is 29.8. The molecule has 1 saturated heterocycles. The number of likely N-dealkylation sites (tertiary alicyclic amines) is 1. The summed E-state index contributed by atoms with van der Waals surface area (Å²) in [7, 11) is -4.82. The highest BCUT2D eigenvalue weighted by Gasteiger charge is 2.38. The molecule has 0 unspecified atom stereocenters. The first kappa shape index (κ1) is 31.0. The number of nitrogens with zero attached hydrogens (tertiary/aromatic N) is 2. The molecule has 3 N–H and O–H groups in total. The van der Waals surface area contributed by atoms with E-state index in [0.717, 1.165) is 43.0 Å². The first-order valence-electron chi connectivity index (χ1n) is 10.9. The number of anilines is 2. The Balaban J connectivity index is 0.000000559. The number of carboxylic acids is 1. The lowest BCUT2D eigenvalue weighted by molar-refractivity contribution is -0.192. The van der Waals surface area contributed by atoms with Crippen molar-refractivity contribution in [1.29, 1.82) is 0 Å². The molecule has 0 radical (unpaired) electrons. The molecule has 1 aliphatic heterocycles. The van der Waals surface area contributed by atoms with E-state index in [1.165, 1.54) is 10.9 Å². The lowest BCUT2D eigenvalue weighted by Gasteiger charge is -2.31. The van der Waals surface area contributed by atoms with E-state index in [1.54, 1.807) is 0 Å². The van der Waals surface area contributed by atoms with Crippen LogP contribution in [0.2, 0.25) is 0 Å². The van der Waals surface area contributed by atoms with Crippen molar-refractivity contribution in [3.05, 3.63) is 69.3 Å². The van der Waals surface area contributed by atoms with Crippen LogP contribution < -0.4 is 10.0 Å². The smallest absolute Gasteiger partial charge is 0.475 e. The fourth-order valence-electron chi connectivity index (χ4n) is 3.35. The molecule has 4 rings (SSSR count). The van der Waals surface area contributed by atoms with Crippen LogP contribution in [0, 0.1) is 29.1 Å². The standard InChI is InChI=1S/C20H17F5N4O2S2.C2HF3O2/c21-13-2-3-14(22)12(8-29-4-1-5-29)11(13)7-26-16-6-15(23)20(19(25)18(16)24)33(30,31)28-17-9-32-10-27-17;3-2(4,5)1(6)7/h2-3,6,9-10,26,28H,1,4-5,7-8H2;(H,6,7). The Labute approximate surface area is 225 Å². The summed E-state index contributed by atoms with van der Waals surface area (Å²) >= 11 is 1.04. The summed E-state index contributed by atoms with van der Waals surface area (Å²) in [6.07, 6.45) is -4.15. The van der Waals surface area contributed by atoms with Crippen molar-refractivity contribution in [1.82, 2.24) is 9.88 Å². The van der Waals surface area contributed by atoms with E-state index >= 15 is 0 Å². The van der Waals surface area contributed by atoms with Gasteiger partial charge in [-0.2, -0.15) is 13.2 Å². The highest BCUT2D eigenvalue weighted by atomic mass is 32.2. The van der Waals surface area contributed by atoms with E-state index in [0.29, 0.717) is 6.07 Å². The first-order valence-corrected chi connectivity index (χ1v) is 13.3. The molecule has 0 spiro atoms. The quantitative estimate of drug-likeness (QED) is 0.238. The molecular formula is C22H18F8N4O4S2. The Morgan fingerprint density at radius 3 is 2.12 bits per heavy atom. The van der Waals surface area contributed by atoms with Gasteiger partial charge in [0.05, 0.1) is 11.2 Å². The third kappa shape index (κ3) is 7.36. The van der Waals surface area contributed by atoms with Gasteiger partial charge in [-0.15, -0.1) is 11.3 Å². The predicted molar refractivity (Wildman–Crippen MR) is 127 cm³/mol. The van der Waals surface area contributed by atoms with Gasteiger partial charge in [-0.3, -0.25) is 9.62 Å². The average Bonchev–Trinajstić information content (AvgIpc) is 3.32. The summed E-state index contributed by atoms with van der Waals surface area (Å²) in [5, 5.41) is 10.8. The molecule has 2 heterocycles. The number of carbonyl (C=O) groups is 1. The van der Waals surface area contributed by atoms with Crippen molar-refractivity contribution in [3.63, 3.8) is 0 Å². The van der Waals surface area contributed by atoms with Crippen molar-refractivity contribution in [2.75, 3.05) is 23.1 Å². The minimum absolute atomic E-state index is 0.0511. The van der Waals surface area contributed by atoms with Crippen LogP contribution in [0.5, 0.6) is 0 Å². The second-order valence-corrected chi connectivity index (χ2v) is 10.5. The molecule has 2 aromatic carbocycles. The van der Waals surface area contributed by atoms with Gasteiger partial charge in [0.2, 0.25) is 0 Å². The van der Waals surface area contributed by atoms with Crippen LogP contribution in [0.1, 0.15) is 17.5 Å². The summed E-state index contributed by atoms with van der Waals surface area (Å²) in [4.78, 5) is 12.9. The number of hydrogen-bond donors (Lipinski definition) is 3. The molecule has 8 nitrogen and oxygen atoms in total. The van der Waals surface area contributed by atoms with E-state index in [4.69, 9.17) is 9.90 Å². The molecule has 18 heteroatoms. The van der Waals surface area contributed by atoms with Crippen molar-refractivity contribution < 1.29 is 53.4 Å². The van der Waals surface area contributed by atoms with Crippen LogP contribution in [0.25, 0.3) is 0 Å². The summed E-state index contributed by atoms with van der Waals surface area (Å²) < 4.78 is 131. The number of thiazole rings is 1. The van der Waals surface area contributed by atoms with E-state index in [1.807, 2.05) is 9.62 Å². The number of rotatable bonds is 8. The third-order valence-electron chi connectivity index (χ3n) is 5.40. The molecule has 1 aliphatic rings. The number of aromatic nitrogens is 1. The van der Waals surface area contributed by atoms with Crippen LogP contribution in [0.4, 0.5) is 46.6 Å². The largest absolute Gasteiger partial charge is 0.490 e. The second kappa shape index (κ2) is 12.3. The summed E-state index contributed by atoms with van der Waals surface area (Å²) in [5.74, 6) is -9.58. The van der Waals surface area contributed by atoms with Crippen molar-refractivity contribution in [2.24, 2.45) is 0 Å². The average molecular weight is 619 g/mol. The fourth-order valence-corrected chi connectivity index (χ4v) is 5.04. The van der Waals surface area contributed by atoms with Crippen molar-refractivity contribution >= 4 is 38.8 Å². The molecule has 0 saturated carbocycles. The van der Waals surface area contributed by atoms with Gasteiger partial charge < -0.3 is 10.4 Å². The molecule has 1 aromatic heterocycles. The van der Waals surface area contributed by atoms with Gasteiger partial charge in [0, 0.05) is 35.7 Å². The monoisotopic (exact) mass is 618 g/mol. The molecule has 3 aromatic rings. The van der Waals surface area contributed by atoms with Crippen LogP contribution in [0.3, 0.4) is 0 Å². The normalized spacial score (nSPS) is 13.7. The van der Waals surface area contributed by atoms with Gasteiger partial charge in [-0.25, -0.2) is 40.1 Å². The molecule has 0 atom stereocenters. The summed E-state index contributed by atoms with van der Waals surface area (Å²) in [6, 6.07) is 2.33. The van der Waals surface area contributed by atoms with Crippen LogP contribution >= 0.6 is 11.3 Å². The maximum absolute atomic E-state index is 14.6. The number of hydrogen-bond acceptors (Lipinski definition) is 7. The number of nitrogens with one attached hydrogen (secondary N) is 2. The topological polar surface area (TPSA) is 112 Å². The zero-order valence-electron chi connectivity index (χ0n) is 19.8. The molecular weight excluding hydrogens is 600 g/mol. The number of benzene rings is 2. The van der Waals surface area contributed by atoms with Crippen LogP contribution in [0.15, 0.2) is 34.0 Å². The number of halogens is 8. The minimum atomic E-state index is -5.08. The lowest BCUT2D eigenvalue weighted by Crippen LogP contribution is -2.37. The molecule has 218 valence electrons. The van der Waals surface area contributed by atoms with Gasteiger partial charge in [0.15, 0.2) is 22.3 Å². The Kier molecular flexibility index (Phi) is 9.57. The second-order valence-electron chi connectivity index (χ2n) is 8.11. The van der Waals surface area contributed by atoms with E-state index in [9.17, 15) is 43.5 Å². The maximum Gasteiger partial charge on any atom is 0.490 e. The first-order chi connectivity index (χ1) is 18.6. The molecule has 1 fully saturated rings. The zero-order valence-corrected chi connectivity index (χ0v) is 21.5. The predicted octanol–water partition coefficient (Wildman–Crippen LogP) is 5.09. The Hall–Kier alpha value is -3.51. The van der Waals surface area contributed by atoms with E-state index in [-0.39, 0.29) is 23.5 Å². The summed E-state index contributed by atoms with van der Waals surface area (Å²) in [6.45, 7) is 1.09. The van der Waals surface area contributed by atoms with Gasteiger partial charge in [0.1, 0.15) is 17.5 Å². The Morgan fingerprint density at radius 2 is 1.62 bits per heavy atom. The van der Waals surface area contributed by atoms with E-state index < -0.39 is 68.4 Å². The highest BCUT2D eigenvalue weighted by molar-refractivity contribution is 7.92. The lowest BCUT2D eigenvalue weighted by atomic mass is 10.0. The number of carboxylic acid groups (broad SMARTS) is 1. The van der Waals surface area contributed by atoms with Gasteiger partial charge in [-0.1, -0.05) is 0 Å². The van der Waals surface area contributed by atoms with Gasteiger partial charge in [0.25, 0.3) is 10.0 Å². The Morgan fingerprint density at radius 1 is 1.02 bits per heavy atom. The molecule has 40 heavy (non-hydrogen) atoms. The minimum Gasteiger partial charge on any atom is -0.475 e. The van der Waals surface area contributed by atoms with Crippen molar-refractivity contribution in [3.8, 4) is 0 Å². The Bertz CT molecular complexity index is 1480.